The average Bonchev–Trinajstić information content (AvgIpc) is 2.73. The van der Waals surface area contributed by atoms with Crippen LogP contribution in [0.2, 0.25) is 0 Å². The molecule has 0 aromatic rings. The molecule has 7 unspecified atom stereocenters. The molecule has 7 atom stereocenters. The van der Waals surface area contributed by atoms with E-state index in [4.69, 9.17) is 4.74 Å². The Kier molecular flexibility index (Phi) is 1.18. The fraction of sp³-hybridized carbons (Fsp3) is 0.857. The zero-order valence-corrected chi connectivity index (χ0v) is 9.06. The predicted molar refractivity (Wildman–Crippen MR) is 56.7 cm³/mol. The van der Waals surface area contributed by atoms with Gasteiger partial charge in [-0.05, 0) is 67.6 Å². The third kappa shape index (κ3) is 0.798. The van der Waals surface area contributed by atoms with Crippen molar-refractivity contribution in [3.05, 3.63) is 12.0 Å². The molecule has 4 aliphatic carbocycles. The van der Waals surface area contributed by atoms with E-state index in [1.54, 1.807) is 25.7 Å². The number of hydrogen-bond acceptors (Lipinski definition) is 1. The van der Waals surface area contributed by atoms with E-state index in [0.29, 0.717) is 0 Å². The molecule has 1 heterocycles. The second-order valence-electron chi connectivity index (χ2n) is 6.63. The summed E-state index contributed by atoms with van der Waals surface area (Å²) >= 11 is 0. The van der Waals surface area contributed by atoms with Crippen LogP contribution in [0.5, 0.6) is 0 Å². The van der Waals surface area contributed by atoms with E-state index in [0.717, 1.165) is 41.4 Å². The molecular weight excluding hydrogens is 184 g/mol. The summed E-state index contributed by atoms with van der Waals surface area (Å²) in [5, 5.41) is 0. The smallest absolute Gasteiger partial charge is 0.142 e. The summed E-state index contributed by atoms with van der Waals surface area (Å²) in [6, 6.07) is 0. The van der Waals surface area contributed by atoms with Gasteiger partial charge in [-0.1, -0.05) is 0 Å². The number of allylic oxidation sites excluding steroid dienone is 1. The van der Waals surface area contributed by atoms with Crippen LogP contribution >= 0.6 is 0 Å². The first-order valence-corrected chi connectivity index (χ1v) is 6.78. The number of hydrogen-bond donors (Lipinski definition) is 0. The van der Waals surface area contributed by atoms with E-state index in [9.17, 15) is 0 Å². The topological polar surface area (TPSA) is 12.5 Å². The second kappa shape index (κ2) is 2.28. The van der Waals surface area contributed by atoms with Crippen LogP contribution in [0.3, 0.4) is 0 Å². The predicted octanol–water partition coefficient (Wildman–Crippen LogP) is 3.18. The summed E-state index contributed by atoms with van der Waals surface area (Å²) in [6.07, 6.45) is 9.75. The van der Waals surface area contributed by atoms with Crippen LogP contribution < -0.4 is 0 Å². The lowest BCUT2D eigenvalue weighted by Gasteiger charge is -2.37. The highest BCUT2D eigenvalue weighted by Crippen LogP contribution is 2.70. The van der Waals surface area contributed by atoms with Crippen molar-refractivity contribution < 1.29 is 4.74 Å². The maximum Gasteiger partial charge on any atom is 0.142 e. The summed E-state index contributed by atoms with van der Waals surface area (Å²) in [5.74, 6) is 8.89. The molecule has 4 saturated carbocycles. The molecule has 0 radical (unpaired) electrons. The molecule has 0 N–H and O–H groups in total. The Morgan fingerprint density at radius 3 is 2.53 bits per heavy atom. The molecule has 0 amide bonds. The van der Waals surface area contributed by atoms with Gasteiger partial charge in [0.05, 0.1) is 0 Å². The van der Waals surface area contributed by atoms with E-state index >= 15 is 0 Å². The van der Waals surface area contributed by atoms with Crippen LogP contribution in [-0.4, -0.2) is 0 Å². The van der Waals surface area contributed by atoms with Gasteiger partial charge in [0.25, 0.3) is 0 Å². The van der Waals surface area contributed by atoms with Gasteiger partial charge in [-0.3, -0.25) is 0 Å². The minimum Gasteiger partial charge on any atom is -0.462 e. The van der Waals surface area contributed by atoms with Crippen molar-refractivity contribution >= 4 is 0 Å². The first-order chi connectivity index (χ1) is 7.42. The van der Waals surface area contributed by atoms with Crippen molar-refractivity contribution in [2.45, 2.75) is 32.1 Å². The Hall–Kier alpha value is -0.460. The molecule has 1 heteroatoms. The highest BCUT2D eigenvalue weighted by Gasteiger charge is 2.63. The molecule has 0 aromatic carbocycles. The van der Waals surface area contributed by atoms with E-state index in [-0.39, 0.29) is 0 Å². The molecule has 0 spiro atoms. The summed E-state index contributed by atoms with van der Waals surface area (Å²) in [4.78, 5) is 0. The Morgan fingerprint density at radius 1 is 0.933 bits per heavy atom. The Morgan fingerprint density at radius 2 is 1.73 bits per heavy atom. The van der Waals surface area contributed by atoms with E-state index in [1.165, 1.54) is 12.2 Å². The molecule has 5 aliphatic rings. The largest absolute Gasteiger partial charge is 0.462 e. The maximum absolute atomic E-state index is 5.37. The van der Waals surface area contributed by atoms with Crippen LogP contribution in [0, 0.1) is 41.4 Å². The summed E-state index contributed by atoms with van der Waals surface area (Å²) < 4.78 is 5.37. The molecular formula is C14H18O. The normalized spacial score (nSPS) is 62.9. The van der Waals surface area contributed by atoms with Crippen LogP contribution in [0.15, 0.2) is 12.0 Å². The summed E-state index contributed by atoms with van der Waals surface area (Å²) in [6.45, 7) is 0. The fourth-order valence-corrected chi connectivity index (χ4v) is 6.10. The van der Waals surface area contributed by atoms with Gasteiger partial charge in [0.1, 0.15) is 12.0 Å². The molecule has 4 bridgehead atoms. The lowest BCUT2D eigenvalue weighted by Crippen LogP contribution is -2.32. The van der Waals surface area contributed by atoms with Crippen molar-refractivity contribution in [2.75, 3.05) is 0 Å². The highest BCUT2D eigenvalue weighted by molar-refractivity contribution is 5.19. The zero-order valence-electron chi connectivity index (χ0n) is 9.06. The zero-order chi connectivity index (χ0) is 9.57. The number of fused-ring (bicyclic) bond motifs is 9. The first-order valence-electron chi connectivity index (χ1n) is 6.78. The van der Waals surface area contributed by atoms with Crippen molar-refractivity contribution in [1.29, 1.82) is 0 Å². The Bertz CT molecular complexity index is 358. The van der Waals surface area contributed by atoms with E-state index in [2.05, 4.69) is 0 Å². The van der Waals surface area contributed by atoms with Gasteiger partial charge in [0, 0.05) is 5.92 Å². The molecule has 15 heavy (non-hydrogen) atoms. The summed E-state index contributed by atoms with van der Waals surface area (Å²) in [7, 11) is 0. The lowest BCUT2D eigenvalue weighted by atomic mass is 9.67. The minimum atomic E-state index is 0.857. The van der Waals surface area contributed by atoms with Crippen LogP contribution in [0.25, 0.3) is 0 Å². The van der Waals surface area contributed by atoms with E-state index in [1.807, 2.05) is 6.26 Å². The van der Waals surface area contributed by atoms with E-state index < -0.39 is 0 Å². The number of rotatable bonds is 1. The van der Waals surface area contributed by atoms with Crippen molar-refractivity contribution in [2.24, 2.45) is 41.4 Å². The fourth-order valence-electron chi connectivity index (χ4n) is 6.10. The third-order valence-electron chi connectivity index (χ3n) is 6.35. The SMILES string of the molecule is C1=C(C2CC3CC2C2C4CCC(C4)C32)O1. The average molecular weight is 202 g/mol. The van der Waals surface area contributed by atoms with Gasteiger partial charge < -0.3 is 4.74 Å². The van der Waals surface area contributed by atoms with Crippen LogP contribution in [0.1, 0.15) is 32.1 Å². The molecule has 1 nitrogen and oxygen atoms in total. The Labute approximate surface area is 90.9 Å². The summed E-state index contributed by atoms with van der Waals surface area (Å²) in [5.41, 5.74) is 0. The van der Waals surface area contributed by atoms with Gasteiger partial charge >= 0.3 is 0 Å². The van der Waals surface area contributed by atoms with Crippen LogP contribution in [0.4, 0.5) is 0 Å². The monoisotopic (exact) mass is 202 g/mol. The lowest BCUT2D eigenvalue weighted by molar-refractivity contribution is 0.111. The molecule has 1 aliphatic heterocycles. The Balaban J connectivity index is 1.54. The number of ether oxygens (including phenoxy) is 1. The second-order valence-corrected chi connectivity index (χ2v) is 6.63. The first kappa shape index (κ1) is 7.76. The van der Waals surface area contributed by atoms with Gasteiger partial charge in [-0.2, -0.15) is 0 Å². The van der Waals surface area contributed by atoms with Gasteiger partial charge in [0.15, 0.2) is 0 Å². The van der Waals surface area contributed by atoms with Crippen molar-refractivity contribution in [3.8, 4) is 0 Å². The molecule has 4 fully saturated rings. The molecule has 0 saturated heterocycles. The maximum atomic E-state index is 5.37. The van der Waals surface area contributed by atoms with Crippen molar-refractivity contribution in [1.82, 2.24) is 0 Å². The molecule has 0 aromatic heterocycles. The van der Waals surface area contributed by atoms with Gasteiger partial charge in [0.2, 0.25) is 0 Å². The van der Waals surface area contributed by atoms with Crippen molar-refractivity contribution in [3.63, 3.8) is 0 Å². The highest BCUT2D eigenvalue weighted by atomic mass is 16.5. The quantitative estimate of drug-likeness (QED) is 0.595. The van der Waals surface area contributed by atoms with Gasteiger partial charge in [-0.25, -0.2) is 0 Å². The van der Waals surface area contributed by atoms with Gasteiger partial charge in [-0.15, -0.1) is 0 Å². The minimum absolute atomic E-state index is 0.857. The van der Waals surface area contributed by atoms with Crippen LogP contribution in [-0.2, 0) is 4.74 Å². The third-order valence-corrected chi connectivity index (χ3v) is 6.35. The molecule has 80 valence electrons. The standard InChI is InChI=1S/C14H18O/c1-2-8-3-7(1)13-9-4-10(12-6-15-12)11(5-9)14(8)13/h6-11,13-14H,1-5H2. The molecule has 5 rings (SSSR count).